The molecule has 1 aliphatic heterocycles. The van der Waals surface area contributed by atoms with Crippen LogP contribution in [0.1, 0.15) is 10.4 Å². The number of benzene rings is 1. The highest BCUT2D eigenvalue weighted by Crippen LogP contribution is 2.27. The summed E-state index contributed by atoms with van der Waals surface area (Å²) in [4.78, 5) is 45.8. The second-order valence-corrected chi connectivity index (χ2v) is 4.43. The van der Waals surface area contributed by atoms with Crippen LogP contribution in [0.25, 0.3) is 0 Å². The first-order valence-corrected chi connectivity index (χ1v) is 5.83. The fourth-order valence-corrected chi connectivity index (χ4v) is 2.07. The summed E-state index contributed by atoms with van der Waals surface area (Å²) in [6.45, 7) is -0.708. The van der Waals surface area contributed by atoms with Gasteiger partial charge in [-0.15, -0.1) is 0 Å². The summed E-state index contributed by atoms with van der Waals surface area (Å²) in [5, 5.41) is 12.8. The van der Waals surface area contributed by atoms with Crippen LogP contribution in [0.3, 0.4) is 0 Å². The standard InChI is InChI=1S/C11H8ClN3O5/c12-6-2-1-3-7(15(19)20)10(6)11(18)14-4-8(16)13-9(17)5-14/h1-3H,4-5H2,(H,13,16,17). The van der Waals surface area contributed by atoms with Crippen LogP contribution in [0.15, 0.2) is 18.2 Å². The first kappa shape index (κ1) is 13.9. The molecule has 1 aromatic carbocycles. The van der Waals surface area contributed by atoms with Crippen molar-refractivity contribution in [3.63, 3.8) is 0 Å². The van der Waals surface area contributed by atoms with Crippen LogP contribution in [0.2, 0.25) is 5.02 Å². The SMILES string of the molecule is O=C1CN(C(=O)c2c(Cl)cccc2[N+](=O)[O-])CC(=O)N1. The molecule has 0 unspecified atom stereocenters. The van der Waals surface area contributed by atoms with E-state index < -0.39 is 28.3 Å². The number of nitro benzene ring substituents is 1. The van der Waals surface area contributed by atoms with Crippen LogP contribution in [0.4, 0.5) is 5.69 Å². The third-order valence-electron chi connectivity index (χ3n) is 2.64. The number of amides is 3. The van der Waals surface area contributed by atoms with Gasteiger partial charge in [-0.1, -0.05) is 17.7 Å². The third-order valence-corrected chi connectivity index (χ3v) is 2.95. The maximum absolute atomic E-state index is 12.2. The number of nitrogens with one attached hydrogen (secondary N) is 1. The Labute approximate surface area is 117 Å². The Morgan fingerprint density at radius 2 is 1.90 bits per heavy atom. The van der Waals surface area contributed by atoms with Gasteiger partial charge in [-0.2, -0.15) is 0 Å². The molecule has 1 heterocycles. The molecular formula is C11H8ClN3O5. The van der Waals surface area contributed by atoms with E-state index in [2.05, 4.69) is 0 Å². The fourth-order valence-electron chi connectivity index (χ4n) is 1.82. The van der Waals surface area contributed by atoms with Crippen molar-refractivity contribution in [1.29, 1.82) is 0 Å². The molecule has 0 saturated carbocycles. The number of hydrogen-bond donors (Lipinski definition) is 1. The average Bonchev–Trinajstić information content (AvgIpc) is 2.36. The maximum atomic E-state index is 12.2. The number of rotatable bonds is 2. The van der Waals surface area contributed by atoms with Crippen LogP contribution < -0.4 is 5.32 Å². The van der Waals surface area contributed by atoms with Crippen LogP contribution in [-0.4, -0.2) is 40.6 Å². The number of hydrogen-bond acceptors (Lipinski definition) is 5. The highest BCUT2D eigenvalue weighted by Gasteiger charge is 2.32. The van der Waals surface area contributed by atoms with Crippen LogP contribution in [-0.2, 0) is 9.59 Å². The van der Waals surface area contributed by atoms with Crippen molar-refractivity contribution >= 4 is 35.0 Å². The summed E-state index contributed by atoms with van der Waals surface area (Å²) in [7, 11) is 0. The molecular weight excluding hydrogens is 290 g/mol. The molecule has 1 aliphatic rings. The van der Waals surface area contributed by atoms with E-state index in [4.69, 9.17) is 11.6 Å². The lowest BCUT2D eigenvalue weighted by atomic mass is 10.1. The highest BCUT2D eigenvalue weighted by atomic mass is 35.5. The van der Waals surface area contributed by atoms with Gasteiger partial charge >= 0.3 is 0 Å². The summed E-state index contributed by atoms with van der Waals surface area (Å²) < 4.78 is 0. The molecule has 104 valence electrons. The average molecular weight is 298 g/mol. The molecule has 9 heteroatoms. The summed E-state index contributed by atoms with van der Waals surface area (Å²) in [5.74, 6) is -2.13. The zero-order valence-electron chi connectivity index (χ0n) is 9.96. The van der Waals surface area contributed by atoms with Crippen molar-refractivity contribution in [2.45, 2.75) is 0 Å². The molecule has 8 nitrogen and oxygen atoms in total. The van der Waals surface area contributed by atoms with Gasteiger partial charge in [0.2, 0.25) is 11.8 Å². The van der Waals surface area contributed by atoms with Gasteiger partial charge in [-0.25, -0.2) is 0 Å². The topological polar surface area (TPSA) is 110 Å². The van der Waals surface area contributed by atoms with Crippen molar-refractivity contribution in [2.24, 2.45) is 0 Å². The van der Waals surface area contributed by atoms with Crippen LogP contribution in [0, 0.1) is 10.1 Å². The Bertz CT molecular complexity index is 614. The summed E-state index contributed by atoms with van der Waals surface area (Å²) in [6, 6.07) is 3.80. The van der Waals surface area contributed by atoms with Gasteiger partial charge in [0.05, 0.1) is 9.95 Å². The number of nitro groups is 1. The second kappa shape index (κ2) is 5.25. The zero-order valence-corrected chi connectivity index (χ0v) is 10.7. The zero-order chi connectivity index (χ0) is 14.9. The molecule has 0 atom stereocenters. The van der Waals surface area contributed by atoms with Crippen LogP contribution in [0.5, 0.6) is 0 Å². The van der Waals surface area contributed by atoms with E-state index in [1.165, 1.54) is 12.1 Å². The highest BCUT2D eigenvalue weighted by molar-refractivity contribution is 6.34. The number of carbonyl (C=O) groups is 3. The second-order valence-electron chi connectivity index (χ2n) is 4.02. The first-order valence-electron chi connectivity index (χ1n) is 5.45. The number of halogens is 1. The Kier molecular flexibility index (Phi) is 3.66. The fraction of sp³-hybridized carbons (Fsp3) is 0.182. The summed E-state index contributed by atoms with van der Waals surface area (Å²) in [5.41, 5.74) is -0.803. The molecule has 1 aromatic rings. The Morgan fingerprint density at radius 3 is 2.45 bits per heavy atom. The normalized spacial score (nSPS) is 14.9. The van der Waals surface area contributed by atoms with E-state index in [0.717, 1.165) is 11.0 Å². The molecule has 0 bridgehead atoms. The minimum Gasteiger partial charge on any atom is -0.320 e. The number of carbonyl (C=O) groups excluding carboxylic acids is 3. The molecule has 1 N–H and O–H groups in total. The van der Waals surface area contributed by atoms with Gasteiger partial charge in [-0.05, 0) is 6.07 Å². The van der Waals surface area contributed by atoms with E-state index in [9.17, 15) is 24.5 Å². The molecule has 1 saturated heterocycles. The minimum absolute atomic E-state index is 0.109. The predicted octanol–water partition coefficient (Wildman–Crippen LogP) is 0.347. The minimum atomic E-state index is -0.828. The van der Waals surface area contributed by atoms with Gasteiger partial charge in [0.25, 0.3) is 11.6 Å². The van der Waals surface area contributed by atoms with E-state index >= 15 is 0 Å². The van der Waals surface area contributed by atoms with E-state index in [-0.39, 0.29) is 23.7 Å². The number of piperazine rings is 1. The van der Waals surface area contributed by atoms with Crippen molar-refractivity contribution in [3.05, 3.63) is 38.9 Å². The smallest absolute Gasteiger partial charge is 0.283 e. The van der Waals surface area contributed by atoms with Gasteiger partial charge in [0.15, 0.2) is 0 Å². The van der Waals surface area contributed by atoms with Crippen molar-refractivity contribution < 1.29 is 19.3 Å². The first-order chi connectivity index (χ1) is 9.40. The summed E-state index contributed by atoms with van der Waals surface area (Å²) in [6.07, 6.45) is 0. The van der Waals surface area contributed by atoms with E-state index in [1.54, 1.807) is 0 Å². The van der Waals surface area contributed by atoms with Gasteiger partial charge in [-0.3, -0.25) is 29.8 Å². The molecule has 0 spiro atoms. The van der Waals surface area contributed by atoms with E-state index in [0.29, 0.717) is 0 Å². The molecule has 1 fully saturated rings. The molecule has 0 aliphatic carbocycles. The largest absolute Gasteiger partial charge is 0.320 e. The maximum Gasteiger partial charge on any atom is 0.283 e. The lowest BCUT2D eigenvalue weighted by Gasteiger charge is -2.25. The predicted molar refractivity (Wildman–Crippen MR) is 67.2 cm³/mol. The van der Waals surface area contributed by atoms with Crippen LogP contribution >= 0.6 is 11.6 Å². The van der Waals surface area contributed by atoms with Gasteiger partial charge < -0.3 is 4.90 Å². The quantitative estimate of drug-likeness (QED) is 0.481. The summed E-state index contributed by atoms with van der Waals surface area (Å²) >= 11 is 5.82. The van der Waals surface area contributed by atoms with E-state index in [1.807, 2.05) is 5.32 Å². The Morgan fingerprint density at radius 1 is 1.30 bits per heavy atom. The number of nitrogens with zero attached hydrogens (tertiary/aromatic N) is 2. The Hall–Kier alpha value is -2.48. The van der Waals surface area contributed by atoms with Gasteiger partial charge in [0.1, 0.15) is 18.7 Å². The van der Waals surface area contributed by atoms with Crippen molar-refractivity contribution in [3.8, 4) is 0 Å². The lowest BCUT2D eigenvalue weighted by Crippen LogP contribution is -2.53. The lowest BCUT2D eigenvalue weighted by molar-refractivity contribution is -0.385. The van der Waals surface area contributed by atoms with Crippen molar-refractivity contribution in [2.75, 3.05) is 13.1 Å². The van der Waals surface area contributed by atoms with Gasteiger partial charge in [0, 0.05) is 6.07 Å². The third kappa shape index (κ3) is 2.59. The molecule has 20 heavy (non-hydrogen) atoms. The number of imide groups is 1. The molecule has 3 amide bonds. The molecule has 0 radical (unpaired) electrons. The molecule has 0 aromatic heterocycles. The monoisotopic (exact) mass is 297 g/mol. The molecule has 2 rings (SSSR count). The Balaban J connectivity index is 2.41. The van der Waals surface area contributed by atoms with Crippen molar-refractivity contribution in [1.82, 2.24) is 10.2 Å².